The van der Waals surface area contributed by atoms with E-state index in [9.17, 15) is 4.79 Å². The summed E-state index contributed by atoms with van der Waals surface area (Å²) < 4.78 is 9.94. The lowest BCUT2D eigenvalue weighted by Gasteiger charge is -2.24. The van der Waals surface area contributed by atoms with E-state index < -0.39 is 0 Å². The van der Waals surface area contributed by atoms with Gasteiger partial charge in [-0.3, -0.25) is 9.69 Å². The van der Waals surface area contributed by atoms with Crippen molar-refractivity contribution in [2.75, 3.05) is 27.3 Å². The highest BCUT2D eigenvalue weighted by Crippen LogP contribution is 2.18. The van der Waals surface area contributed by atoms with Gasteiger partial charge in [-0.15, -0.1) is 0 Å². The third-order valence-corrected chi connectivity index (χ3v) is 2.73. The fourth-order valence-corrected chi connectivity index (χ4v) is 1.85. The molecule has 82 valence electrons. The number of carbonyl (C=O) groups is 1. The summed E-state index contributed by atoms with van der Waals surface area (Å²) in [4.78, 5) is 13.5. The molecule has 2 unspecified atom stereocenters. The highest BCUT2D eigenvalue weighted by atomic mass is 16.5. The fourth-order valence-electron chi connectivity index (χ4n) is 1.85. The van der Waals surface area contributed by atoms with Gasteiger partial charge in [0.15, 0.2) is 0 Å². The van der Waals surface area contributed by atoms with Crippen molar-refractivity contribution in [3.8, 4) is 0 Å². The summed E-state index contributed by atoms with van der Waals surface area (Å²) >= 11 is 0. The molecule has 0 aromatic carbocycles. The van der Waals surface area contributed by atoms with Crippen molar-refractivity contribution in [2.45, 2.75) is 31.9 Å². The first kappa shape index (κ1) is 11.5. The maximum absolute atomic E-state index is 11.4. The average Bonchev–Trinajstić information content (AvgIpc) is 2.64. The largest absolute Gasteiger partial charge is 0.468 e. The van der Waals surface area contributed by atoms with Crippen LogP contribution < -0.4 is 0 Å². The van der Waals surface area contributed by atoms with Gasteiger partial charge in [0.05, 0.1) is 13.2 Å². The van der Waals surface area contributed by atoms with E-state index in [4.69, 9.17) is 9.47 Å². The van der Waals surface area contributed by atoms with Crippen LogP contribution in [0, 0.1) is 0 Å². The number of ether oxygens (including phenoxy) is 2. The molecule has 1 saturated heterocycles. The van der Waals surface area contributed by atoms with E-state index in [1.165, 1.54) is 7.11 Å². The van der Waals surface area contributed by atoms with Gasteiger partial charge in [-0.05, 0) is 26.3 Å². The number of nitrogens with zero attached hydrogens (tertiary/aromatic N) is 1. The molecule has 0 radical (unpaired) electrons. The minimum atomic E-state index is -0.120. The van der Waals surface area contributed by atoms with Crippen molar-refractivity contribution in [1.82, 2.24) is 4.90 Å². The van der Waals surface area contributed by atoms with E-state index >= 15 is 0 Å². The van der Waals surface area contributed by atoms with Crippen LogP contribution >= 0.6 is 0 Å². The highest BCUT2D eigenvalue weighted by molar-refractivity contribution is 5.75. The molecule has 0 spiro atoms. The number of esters is 1. The highest BCUT2D eigenvalue weighted by Gasteiger charge is 2.31. The number of carbonyl (C=O) groups excluding carboxylic acids is 1. The van der Waals surface area contributed by atoms with Gasteiger partial charge in [-0.2, -0.15) is 0 Å². The van der Waals surface area contributed by atoms with Gasteiger partial charge in [0.2, 0.25) is 0 Å². The maximum atomic E-state index is 11.4. The van der Waals surface area contributed by atoms with E-state index in [0.717, 1.165) is 25.9 Å². The summed E-state index contributed by atoms with van der Waals surface area (Å²) in [6, 6.07) is -0.0578. The molecule has 1 aliphatic rings. The SMILES string of the molecule is COC(=O)C1CCCN1CC(C)OC. The molecule has 0 aliphatic carbocycles. The van der Waals surface area contributed by atoms with Crippen LogP contribution in [0.5, 0.6) is 0 Å². The Balaban J connectivity index is 2.46. The Kier molecular flexibility index (Phi) is 4.35. The Morgan fingerprint density at radius 3 is 2.86 bits per heavy atom. The number of likely N-dealkylation sites (tertiary alicyclic amines) is 1. The molecule has 4 heteroatoms. The van der Waals surface area contributed by atoms with Crippen LogP contribution in [0.4, 0.5) is 0 Å². The Hall–Kier alpha value is -0.610. The molecule has 2 atom stereocenters. The van der Waals surface area contributed by atoms with Gasteiger partial charge >= 0.3 is 5.97 Å². The standard InChI is InChI=1S/C10H19NO3/c1-8(13-2)7-11-6-4-5-9(11)10(12)14-3/h8-9H,4-7H2,1-3H3. The smallest absolute Gasteiger partial charge is 0.323 e. The minimum absolute atomic E-state index is 0.0578. The molecular weight excluding hydrogens is 182 g/mol. The van der Waals surface area contributed by atoms with E-state index in [1.54, 1.807) is 7.11 Å². The lowest BCUT2D eigenvalue weighted by Crippen LogP contribution is -2.41. The van der Waals surface area contributed by atoms with Crippen LogP contribution in [0.3, 0.4) is 0 Å². The van der Waals surface area contributed by atoms with Crippen molar-refractivity contribution >= 4 is 5.97 Å². The number of hydrogen-bond acceptors (Lipinski definition) is 4. The third kappa shape index (κ3) is 2.69. The van der Waals surface area contributed by atoms with Gasteiger partial charge in [0.25, 0.3) is 0 Å². The molecule has 4 nitrogen and oxygen atoms in total. The molecule has 1 heterocycles. The molecule has 0 N–H and O–H groups in total. The predicted molar refractivity (Wildman–Crippen MR) is 53.1 cm³/mol. The van der Waals surface area contributed by atoms with Crippen molar-refractivity contribution in [2.24, 2.45) is 0 Å². The number of methoxy groups -OCH3 is 2. The lowest BCUT2D eigenvalue weighted by molar-refractivity contribution is -0.146. The van der Waals surface area contributed by atoms with Crippen molar-refractivity contribution < 1.29 is 14.3 Å². The molecule has 0 amide bonds. The fraction of sp³-hybridized carbons (Fsp3) is 0.900. The van der Waals surface area contributed by atoms with Gasteiger partial charge in [-0.1, -0.05) is 0 Å². The van der Waals surface area contributed by atoms with Crippen LogP contribution in [0.2, 0.25) is 0 Å². The Labute approximate surface area is 85.2 Å². The van der Waals surface area contributed by atoms with E-state index in [2.05, 4.69) is 4.90 Å². The molecule has 0 aromatic rings. The van der Waals surface area contributed by atoms with Crippen molar-refractivity contribution in [3.63, 3.8) is 0 Å². The van der Waals surface area contributed by atoms with Crippen LogP contribution in [-0.4, -0.2) is 50.3 Å². The first-order valence-electron chi connectivity index (χ1n) is 5.03. The molecule has 1 aliphatic heterocycles. The summed E-state index contributed by atoms with van der Waals surface area (Å²) in [5.74, 6) is -0.120. The zero-order valence-corrected chi connectivity index (χ0v) is 9.16. The molecule has 1 rings (SSSR count). The van der Waals surface area contributed by atoms with Crippen molar-refractivity contribution in [1.29, 1.82) is 0 Å². The van der Waals surface area contributed by atoms with Crippen LogP contribution in [0.25, 0.3) is 0 Å². The third-order valence-electron chi connectivity index (χ3n) is 2.73. The minimum Gasteiger partial charge on any atom is -0.468 e. The first-order valence-corrected chi connectivity index (χ1v) is 5.03. The number of hydrogen-bond donors (Lipinski definition) is 0. The molecule has 0 aromatic heterocycles. The summed E-state index contributed by atoms with van der Waals surface area (Å²) in [6.07, 6.45) is 2.14. The van der Waals surface area contributed by atoms with Gasteiger partial charge in [0, 0.05) is 13.7 Å². The quantitative estimate of drug-likeness (QED) is 0.626. The van der Waals surface area contributed by atoms with E-state index in [0.29, 0.717) is 0 Å². The van der Waals surface area contributed by atoms with Gasteiger partial charge in [-0.25, -0.2) is 0 Å². The van der Waals surface area contributed by atoms with Crippen LogP contribution in [0.15, 0.2) is 0 Å². The first-order chi connectivity index (χ1) is 6.69. The summed E-state index contributed by atoms with van der Waals surface area (Å²) in [6.45, 7) is 3.77. The summed E-state index contributed by atoms with van der Waals surface area (Å²) in [7, 11) is 3.13. The topological polar surface area (TPSA) is 38.8 Å². The summed E-state index contributed by atoms with van der Waals surface area (Å²) in [5.41, 5.74) is 0. The average molecular weight is 201 g/mol. The zero-order valence-electron chi connectivity index (χ0n) is 9.16. The van der Waals surface area contributed by atoms with Crippen molar-refractivity contribution in [3.05, 3.63) is 0 Å². The normalized spacial score (nSPS) is 24.9. The second-order valence-corrected chi connectivity index (χ2v) is 3.72. The molecule has 0 saturated carbocycles. The number of rotatable bonds is 4. The molecule has 1 fully saturated rings. The van der Waals surface area contributed by atoms with E-state index in [-0.39, 0.29) is 18.1 Å². The Bertz CT molecular complexity index is 196. The monoisotopic (exact) mass is 201 g/mol. The summed E-state index contributed by atoms with van der Waals surface area (Å²) in [5, 5.41) is 0. The van der Waals surface area contributed by atoms with Crippen LogP contribution in [-0.2, 0) is 14.3 Å². The zero-order chi connectivity index (χ0) is 10.6. The maximum Gasteiger partial charge on any atom is 0.323 e. The van der Waals surface area contributed by atoms with E-state index in [1.807, 2.05) is 6.92 Å². The Morgan fingerprint density at radius 1 is 1.57 bits per heavy atom. The second kappa shape index (κ2) is 5.32. The van der Waals surface area contributed by atoms with Crippen LogP contribution in [0.1, 0.15) is 19.8 Å². The van der Waals surface area contributed by atoms with Gasteiger partial charge < -0.3 is 9.47 Å². The molecule has 14 heavy (non-hydrogen) atoms. The Morgan fingerprint density at radius 2 is 2.29 bits per heavy atom. The second-order valence-electron chi connectivity index (χ2n) is 3.72. The lowest BCUT2D eigenvalue weighted by atomic mass is 10.2. The molecule has 0 bridgehead atoms. The molecular formula is C10H19NO3. The van der Waals surface area contributed by atoms with Gasteiger partial charge in [0.1, 0.15) is 6.04 Å². The predicted octanol–water partition coefficient (Wildman–Crippen LogP) is 0.659.